The maximum Gasteiger partial charge on any atom is 0.308 e. The van der Waals surface area contributed by atoms with E-state index in [9.17, 15) is 4.79 Å². The Bertz CT molecular complexity index is 386. The second-order valence-corrected chi connectivity index (χ2v) is 6.17. The summed E-state index contributed by atoms with van der Waals surface area (Å²) in [5, 5.41) is 6.78. The average molecular weight is 318 g/mol. The smallest absolute Gasteiger partial charge is 0.308 e. The fraction of sp³-hybridized carbons (Fsp3) is 0.583. The number of hydrogen-bond donors (Lipinski definition) is 1. The standard InChI is InChI=1S/C12H16BrNO2S/c1-16-12(15)8-2-4-10(5-3-8)14-11-6-9(13)7-17-11/h6-8,10,14H,2-5H2,1H3. The molecule has 0 aromatic carbocycles. The van der Waals surface area contributed by atoms with Crippen molar-refractivity contribution in [1.29, 1.82) is 0 Å². The number of hydrogen-bond acceptors (Lipinski definition) is 4. The molecule has 0 atom stereocenters. The third-order valence-electron chi connectivity index (χ3n) is 3.18. The van der Waals surface area contributed by atoms with Gasteiger partial charge in [0.2, 0.25) is 0 Å². The Kier molecular flexibility index (Phi) is 4.45. The van der Waals surface area contributed by atoms with Gasteiger partial charge in [0.25, 0.3) is 0 Å². The summed E-state index contributed by atoms with van der Waals surface area (Å²) in [5.74, 6) is 0.0513. The first-order valence-electron chi connectivity index (χ1n) is 5.77. The molecule has 0 saturated heterocycles. The number of anilines is 1. The van der Waals surface area contributed by atoms with Gasteiger partial charge in [-0.25, -0.2) is 0 Å². The van der Waals surface area contributed by atoms with E-state index in [1.165, 1.54) is 12.1 Å². The quantitative estimate of drug-likeness (QED) is 0.865. The summed E-state index contributed by atoms with van der Waals surface area (Å²) in [7, 11) is 1.47. The van der Waals surface area contributed by atoms with Crippen molar-refractivity contribution in [3.63, 3.8) is 0 Å². The van der Waals surface area contributed by atoms with E-state index >= 15 is 0 Å². The van der Waals surface area contributed by atoms with Crippen LogP contribution in [0.3, 0.4) is 0 Å². The van der Waals surface area contributed by atoms with Crippen molar-refractivity contribution in [1.82, 2.24) is 0 Å². The lowest BCUT2D eigenvalue weighted by Gasteiger charge is -2.27. The molecule has 94 valence electrons. The van der Waals surface area contributed by atoms with E-state index in [-0.39, 0.29) is 11.9 Å². The summed E-state index contributed by atoms with van der Waals surface area (Å²) in [6, 6.07) is 2.58. The lowest BCUT2D eigenvalue weighted by molar-refractivity contribution is -0.146. The number of carbonyl (C=O) groups excluding carboxylic acids is 1. The van der Waals surface area contributed by atoms with Crippen molar-refractivity contribution in [3.05, 3.63) is 15.9 Å². The number of halogens is 1. The van der Waals surface area contributed by atoms with Crippen molar-refractivity contribution in [2.24, 2.45) is 5.92 Å². The Morgan fingerprint density at radius 3 is 2.71 bits per heavy atom. The average Bonchev–Trinajstić information content (AvgIpc) is 2.75. The molecule has 0 bridgehead atoms. The van der Waals surface area contributed by atoms with E-state index in [0.717, 1.165) is 30.2 Å². The highest BCUT2D eigenvalue weighted by atomic mass is 79.9. The summed E-state index contributed by atoms with van der Waals surface area (Å²) in [5.41, 5.74) is 0. The van der Waals surface area contributed by atoms with Gasteiger partial charge in [-0.2, -0.15) is 0 Å². The van der Waals surface area contributed by atoms with E-state index in [4.69, 9.17) is 4.74 Å². The molecule has 5 heteroatoms. The molecule has 2 rings (SSSR count). The molecule has 1 fully saturated rings. The van der Waals surface area contributed by atoms with Crippen LogP contribution >= 0.6 is 27.3 Å². The van der Waals surface area contributed by atoms with Gasteiger partial charge in [-0.15, -0.1) is 11.3 Å². The van der Waals surface area contributed by atoms with Crippen LogP contribution in [0, 0.1) is 5.92 Å². The normalized spacial score (nSPS) is 24.4. The molecule has 0 unspecified atom stereocenters. The van der Waals surface area contributed by atoms with Gasteiger partial charge < -0.3 is 10.1 Å². The van der Waals surface area contributed by atoms with E-state index in [1.807, 2.05) is 0 Å². The van der Waals surface area contributed by atoms with Gasteiger partial charge in [0, 0.05) is 15.9 Å². The van der Waals surface area contributed by atoms with Crippen molar-refractivity contribution in [2.45, 2.75) is 31.7 Å². The summed E-state index contributed by atoms with van der Waals surface area (Å²) in [6.45, 7) is 0. The van der Waals surface area contributed by atoms with Crippen LogP contribution in [0.4, 0.5) is 5.00 Å². The van der Waals surface area contributed by atoms with Crippen LogP contribution in [-0.4, -0.2) is 19.1 Å². The molecule has 1 heterocycles. The molecule has 1 N–H and O–H groups in total. The van der Waals surface area contributed by atoms with E-state index in [1.54, 1.807) is 11.3 Å². The predicted molar refractivity (Wildman–Crippen MR) is 73.4 cm³/mol. The molecule has 0 aliphatic heterocycles. The number of nitrogens with one attached hydrogen (secondary N) is 1. The highest BCUT2D eigenvalue weighted by Gasteiger charge is 2.26. The van der Waals surface area contributed by atoms with Crippen LogP contribution in [0.25, 0.3) is 0 Å². The molecule has 3 nitrogen and oxygen atoms in total. The number of methoxy groups -OCH3 is 1. The lowest BCUT2D eigenvalue weighted by Crippen LogP contribution is -2.29. The first-order valence-corrected chi connectivity index (χ1v) is 7.44. The minimum atomic E-state index is -0.0534. The van der Waals surface area contributed by atoms with Gasteiger partial charge in [0.05, 0.1) is 18.0 Å². The topological polar surface area (TPSA) is 38.3 Å². The molecular formula is C12H16BrNO2S. The molecule has 1 aromatic heterocycles. The second kappa shape index (κ2) is 5.87. The second-order valence-electron chi connectivity index (χ2n) is 4.35. The molecule has 1 aromatic rings. The fourth-order valence-corrected chi connectivity index (χ4v) is 3.63. The molecule has 17 heavy (non-hydrogen) atoms. The largest absolute Gasteiger partial charge is 0.469 e. The summed E-state index contributed by atoms with van der Waals surface area (Å²) < 4.78 is 5.90. The highest BCUT2D eigenvalue weighted by Crippen LogP contribution is 2.30. The number of carbonyl (C=O) groups is 1. The van der Waals surface area contributed by atoms with Gasteiger partial charge in [-0.3, -0.25) is 4.79 Å². The summed E-state index contributed by atoms with van der Waals surface area (Å²) in [4.78, 5) is 11.4. The van der Waals surface area contributed by atoms with Gasteiger partial charge in [-0.1, -0.05) is 0 Å². The SMILES string of the molecule is COC(=O)C1CCC(Nc2cc(Br)cs2)CC1. The van der Waals surface area contributed by atoms with Gasteiger partial charge in [-0.05, 0) is 47.7 Å². The molecular weight excluding hydrogens is 302 g/mol. The molecule has 0 amide bonds. The fourth-order valence-electron chi connectivity index (χ4n) is 2.23. The number of rotatable bonds is 3. The Hall–Kier alpha value is -0.550. The maximum atomic E-state index is 11.4. The van der Waals surface area contributed by atoms with E-state index < -0.39 is 0 Å². The first kappa shape index (κ1) is 12.9. The third kappa shape index (κ3) is 3.45. The Labute approximate surface area is 114 Å². The Morgan fingerprint density at radius 1 is 1.47 bits per heavy atom. The van der Waals surface area contributed by atoms with Crippen LogP contribution in [0.5, 0.6) is 0 Å². The number of esters is 1. The lowest BCUT2D eigenvalue weighted by atomic mass is 9.86. The van der Waals surface area contributed by atoms with Crippen molar-refractivity contribution in [3.8, 4) is 0 Å². The molecule has 0 radical (unpaired) electrons. The maximum absolute atomic E-state index is 11.4. The number of thiophene rings is 1. The molecule has 1 saturated carbocycles. The van der Waals surface area contributed by atoms with E-state index in [2.05, 4.69) is 32.7 Å². The highest BCUT2D eigenvalue weighted by molar-refractivity contribution is 9.10. The minimum absolute atomic E-state index is 0.0534. The predicted octanol–water partition coefficient (Wildman–Crippen LogP) is 3.65. The Balaban J connectivity index is 1.81. The summed E-state index contributed by atoms with van der Waals surface area (Å²) >= 11 is 5.15. The van der Waals surface area contributed by atoms with Crippen molar-refractivity contribution >= 4 is 38.2 Å². The van der Waals surface area contributed by atoms with Gasteiger partial charge >= 0.3 is 5.97 Å². The third-order valence-corrected chi connectivity index (χ3v) is 4.80. The van der Waals surface area contributed by atoms with Crippen molar-refractivity contribution < 1.29 is 9.53 Å². The van der Waals surface area contributed by atoms with E-state index in [0.29, 0.717) is 6.04 Å². The Morgan fingerprint density at radius 2 is 2.18 bits per heavy atom. The van der Waals surface area contributed by atoms with Gasteiger partial charge in [0.15, 0.2) is 0 Å². The minimum Gasteiger partial charge on any atom is -0.469 e. The van der Waals surface area contributed by atoms with Crippen LogP contribution in [-0.2, 0) is 9.53 Å². The van der Waals surface area contributed by atoms with Crippen LogP contribution < -0.4 is 5.32 Å². The zero-order valence-corrected chi connectivity index (χ0v) is 12.1. The monoisotopic (exact) mass is 317 g/mol. The van der Waals surface area contributed by atoms with Gasteiger partial charge in [0.1, 0.15) is 0 Å². The van der Waals surface area contributed by atoms with Crippen LogP contribution in [0.1, 0.15) is 25.7 Å². The zero-order chi connectivity index (χ0) is 12.3. The number of ether oxygens (including phenoxy) is 1. The van der Waals surface area contributed by atoms with Crippen molar-refractivity contribution in [2.75, 3.05) is 12.4 Å². The molecule has 1 aliphatic carbocycles. The van der Waals surface area contributed by atoms with Crippen LogP contribution in [0.15, 0.2) is 15.9 Å². The first-order chi connectivity index (χ1) is 8.19. The summed E-state index contributed by atoms with van der Waals surface area (Å²) in [6.07, 6.45) is 3.93. The zero-order valence-electron chi connectivity index (χ0n) is 9.74. The molecule has 1 aliphatic rings. The molecule has 0 spiro atoms. The van der Waals surface area contributed by atoms with Crippen LogP contribution in [0.2, 0.25) is 0 Å².